The molecule has 0 bridgehead atoms. The van der Waals surface area contributed by atoms with Crippen LogP contribution < -0.4 is 4.74 Å². The molecule has 1 aromatic heterocycles. The second-order valence-electron chi connectivity index (χ2n) is 9.66. The molecule has 0 spiro atoms. The van der Waals surface area contributed by atoms with Crippen molar-refractivity contribution in [1.82, 2.24) is 19.3 Å². The lowest BCUT2D eigenvalue weighted by atomic mass is 9.86. The third-order valence-electron chi connectivity index (χ3n) is 6.89. The Kier molecular flexibility index (Phi) is 7.10. The monoisotopic (exact) mass is 556 g/mol. The van der Waals surface area contributed by atoms with Gasteiger partial charge >= 0.3 is 5.97 Å². The number of hydrogen-bond acceptors (Lipinski definition) is 7. The standard InChI is InChI=1S/C27H29ClN4O5S/c1-16-4-5-18(22(13-27(33)34)19-6-8-24-23(11-19)29-30-31(24)3)10-20(16)15-32-14-17(2)37-25-9-7-21(28)12-26(25)38(32,35)36/h4-12,17,22,35-36H,13-15H2,1-3H3,(H,33,34)/t17-,22?/m1/s1. The summed E-state index contributed by atoms with van der Waals surface area (Å²) < 4.78 is 32.0. The molecule has 0 aliphatic carbocycles. The van der Waals surface area contributed by atoms with Gasteiger partial charge < -0.3 is 9.84 Å². The van der Waals surface area contributed by atoms with E-state index in [4.69, 9.17) is 16.3 Å². The molecule has 2 atom stereocenters. The third kappa shape index (κ3) is 5.10. The van der Waals surface area contributed by atoms with E-state index in [1.54, 1.807) is 28.2 Å². The number of halogens is 1. The van der Waals surface area contributed by atoms with Gasteiger partial charge in [-0.2, -0.15) is 4.31 Å². The molecule has 200 valence electrons. The van der Waals surface area contributed by atoms with E-state index in [0.717, 1.165) is 27.8 Å². The smallest absolute Gasteiger partial charge is 0.304 e. The number of carboxylic acids is 1. The maximum atomic E-state index is 11.9. The van der Waals surface area contributed by atoms with Crippen LogP contribution in [0.25, 0.3) is 11.0 Å². The summed E-state index contributed by atoms with van der Waals surface area (Å²) in [6, 6.07) is 16.3. The number of hydrogen-bond donors (Lipinski definition) is 3. The average Bonchev–Trinajstić information content (AvgIpc) is 3.20. The van der Waals surface area contributed by atoms with Gasteiger partial charge in [-0.1, -0.05) is 41.1 Å². The summed E-state index contributed by atoms with van der Waals surface area (Å²) in [5.74, 6) is -0.946. The fourth-order valence-corrected chi connectivity index (χ4v) is 6.80. The molecule has 4 aromatic rings. The fourth-order valence-electron chi connectivity index (χ4n) is 4.88. The summed E-state index contributed by atoms with van der Waals surface area (Å²) in [6.45, 7) is 4.33. The van der Waals surface area contributed by atoms with Crippen molar-refractivity contribution in [1.29, 1.82) is 0 Å². The quantitative estimate of drug-likeness (QED) is 0.271. The van der Waals surface area contributed by atoms with Crippen LogP contribution in [0.4, 0.5) is 0 Å². The molecule has 0 saturated heterocycles. The zero-order valence-corrected chi connectivity index (χ0v) is 22.8. The van der Waals surface area contributed by atoms with E-state index in [1.807, 2.05) is 50.2 Å². The van der Waals surface area contributed by atoms with Gasteiger partial charge in [0, 0.05) is 24.5 Å². The van der Waals surface area contributed by atoms with Gasteiger partial charge in [-0.15, -0.1) is 15.9 Å². The van der Waals surface area contributed by atoms with E-state index in [9.17, 15) is 19.0 Å². The van der Waals surface area contributed by atoms with Crippen molar-refractivity contribution >= 4 is 39.4 Å². The SMILES string of the molecule is Cc1ccc(C(CC(=O)O)c2ccc3c(c2)nnn3C)cc1CN1C[C@@H](C)Oc2ccc(Cl)cc2S1(O)O. The second-order valence-corrected chi connectivity index (χ2v) is 12.1. The topological polar surface area (TPSA) is 121 Å². The first-order valence-corrected chi connectivity index (χ1v) is 14.0. The molecular formula is C27H29ClN4O5S. The molecule has 5 rings (SSSR count). The number of aryl methyl sites for hydroxylation is 2. The Morgan fingerprint density at radius 2 is 1.89 bits per heavy atom. The van der Waals surface area contributed by atoms with Gasteiger partial charge in [0.05, 0.1) is 18.5 Å². The van der Waals surface area contributed by atoms with Gasteiger partial charge in [0.25, 0.3) is 0 Å². The molecule has 2 heterocycles. The Balaban J connectivity index is 1.52. The minimum absolute atomic E-state index is 0.107. The fraction of sp³-hybridized carbons (Fsp3) is 0.296. The molecule has 0 amide bonds. The van der Waals surface area contributed by atoms with Gasteiger partial charge in [-0.3, -0.25) is 13.9 Å². The van der Waals surface area contributed by atoms with Crippen molar-refractivity contribution in [3.05, 3.63) is 81.9 Å². The molecular weight excluding hydrogens is 528 g/mol. The van der Waals surface area contributed by atoms with Crippen molar-refractivity contribution in [2.45, 2.75) is 43.7 Å². The normalized spacial score (nSPS) is 18.8. The first-order chi connectivity index (χ1) is 18.0. The lowest BCUT2D eigenvalue weighted by molar-refractivity contribution is -0.137. The molecule has 1 unspecified atom stereocenters. The molecule has 9 nitrogen and oxygen atoms in total. The lowest BCUT2D eigenvalue weighted by Gasteiger charge is -2.42. The zero-order valence-electron chi connectivity index (χ0n) is 21.2. The predicted molar refractivity (Wildman–Crippen MR) is 147 cm³/mol. The van der Waals surface area contributed by atoms with Crippen LogP contribution in [0.2, 0.25) is 5.02 Å². The molecule has 0 fully saturated rings. The first kappa shape index (κ1) is 26.5. The van der Waals surface area contributed by atoms with Crippen LogP contribution in [0.5, 0.6) is 5.75 Å². The number of carboxylic acid groups (broad SMARTS) is 1. The summed E-state index contributed by atoms with van der Waals surface area (Å²) in [6.07, 6.45) is -0.408. The van der Waals surface area contributed by atoms with Crippen LogP contribution in [0, 0.1) is 6.92 Å². The Labute approximate surface area is 227 Å². The van der Waals surface area contributed by atoms with Crippen molar-refractivity contribution in [2.24, 2.45) is 7.05 Å². The molecule has 38 heavy (non-hydrogen) atoms. The number of benzene rings is 3. The number of fused-ring (bicyclic) bond motifs is 2. The Hall–Kier alpha value is -3.15. The van der Waals surface area contributed by atoms with Gasteiger partial charge in [0.2, 0.25) is 0 Å². The van der Waals surface area contributed by atoms with Gasteiger partial charge in [-0.05, 0) is 66.4 Å². The first-order valence-electron chi connectivity index (χ1n) is 12.1. The van der Waals surface area contributed by atoms with E-state index >= 15 is 0 Å². The highest BCUT2D eigenvalue weighted by atomic mass is 35.5. The molecule has 3 aromatic carbocycles. The van der Waals surface area contributed by atoms with Crippen LogP contribution in [0.15, 0.2) is 59.5 Å². The van der Waals surface area contributed by atoms with Gasteiger partial charge in [0.15, 0.2) is 0 Å². The van der Waals surface area contributed by atoms with Crippen LogP contribution in [-0.2, 0) is 18.4 Å². The number of rotatable bonds is 6. The zero-order chi connectivity index (χ0) is 27.2. The number of aliphatic carboxylic acids is 1. The highest BCUT2D eigenvalue weighted by Crippen LogP contribution is 2.58. The van der Waals surface area contributed by atoms with Gasteiger partial charge in [0.1, 0.15) is 22.3 Å². The molecule has 0 radical (unpaired) electrons. The van der Waals surface area contributed by atoms with Crippen LogP contribution in [0.3, 0.4) is 0 Å². The highest BCUT2D eigenvalue weighted by Gasteiger charge is 2.34. The van der Waals surface area contributed by atoms with Crippen molar-refractivity contribution in [3.8, 4) is 5.75 Å². The largest absolute Gasteiger partial charge is 0.487 e. The summed E-state index contributed by atoms with van der Waals surface area (Å²) >= 11 is 6.18. The molecule has 11 heteroatoms. The Morgan fingerprint density at radius 3 is 2.66 bits per heavy atom. The van der Waals surface area contributed by atoms with Crippen LogP contribution in [-0.4, -0.2) is 52.1 Å². The lowest BCUT2D eigenvalue weighted by Crippen LogP contribution is -2.33. The van der Waals surface area contributed by atoms with E-state index in [2.05, 4.69) is 10.3 Å². The molecule has 1 aliphatic rings. The second kappa shape index (κ2) is 10.2. The van der Waals surface area contributed by atoms with E-state index < -0.39 is 22.7 Å². The van der Waals surface area contributed by atoms with E-state index in [1.165, 1.54) is 6.07 Å². The maximum absolute atomic E-state index is 11.9. The number of ether oxygens (including phenoxy) is 1. The Bertz CT molecular complexity index is 1520. The highest BCUT2D eigenvalue weighted by molar-refractivity contribution is 8.22. The van der Waals surface area contributed by atoms with Gasteiger partial charge in [-0.25, -0.2) is 4.68 Å². The van der Waals surface area contributed by atoms with Crippen molar-refractivity contribution in [3.63, 3.8) is 0 Å². The van der Waals surface area contributed by atoms with E-state index in [-0.39, 0.29) is 30.5 Å². The summed E-state index contributed by atoms with van der Waals surface area (Å²) in [7, 11) is -1.60. The van der Waals surface area contributed by atoms with Crippen molar-refractivity contribution in [2.75, 3.05) is 6.54 Å². The predicted octanol–water partition coefficient (Wildman–Crippen LogP) is 5.84. The maximum Gasteiger partial charge on any atom is 0.304 e. The Morgan fingerprint density at radius 1 is 1.16 bits per heavy atom. The minimum Gasteiger partial charge on any atom is -0.487 e. The van der Waals surface area contributed by atoms with Crippen molar-refractivity contribution < 1.29 is 23.7 Å². The van der Waals surface area contributed by atoms with E-state index in [0.29, 0.717) is 16.3 Å². The number of aromatic nitrogens is 3. The average molecular weight is 557 g/mol. The van der Waals surface area contributed by atoms with Crippen LogP contribution in [0.1, 0.15) is 41.5 Å². The summed E-state index contributed by atoms with van der Waals surface area (Å²) in [4.78, 5) is 12.1. The number of carbonyl (C=O) groups is 1. The van der Waals surface area contributed by atoms with Crippen LogP contribution >= 0.6 is 22.4 Å². The molecule has 0 saturated carbocycles. The third-order valence-corrected chi connectivity index (χ3v) is 9.03. The summed E-state index contributed by atoms with van der Waals surface area (Å²) in [5, 5.41) is 18.3. The number of nitrogens with zero attached hydrogens (tertiary/aromatic N) is 4. The molecule has 3 N–H and O–H groups in total. The summed E-state index contributed by atoms with van der Waals surface area (Å²) in [5.41, 5.74) is 4.99. The molecule has 1 aliphatic heterocycles. The minimum atomic E-state index is -3.40.